The van der Waals surface area contributed by atoms with E-state index in [1.54, 1.807) is 6.20 Å². The molecular weight excluding hydrogens is 373 g/mol. The maximum absolute atomic E-state index is 12.8. The number of nitrogens with zero attached hydrogens (tertiary/aromatic N) is 4. The van der Waals surface area contributed by atoms with Gasteiger partial charge in [-0.1, -0.05) is 6.92 Å². The van der Waals surface area contributed by atoms with Gasteiger partial charge in [-0.3, -0.25) is 4.68 Å². The van der Waals surface area contributed by atoms with E-state index in [-0.39, 0.29) is 18.0 Å². The van der Waals surface area contributed by atoms with Gasteiger partial charge in [-0.15, -0.1) is 0 Å². The third-order valence-electron chi connectivity index (χ3n) is 5.23. The lowest BCUT2D eigenvalue weighted by atomic mass is 9.99. The first-order valence-electron chi connectivity index (χ1n) is 9.41. The number of anilines is 1. The highest BCUT2D eigenvalue weighted by Gasteiger charge is 2.35. The summed E-state index contributed by atoms with van der Waals surface area (Å²) in [6.45, 7) is 6.81. The van der Waals surface area contributed by atoms with Crippen LogP contribution in [0.5, 0.6) is 0 Å². The summed E-state index contributed by atoms with van der Waals surface area (Å²) in [5.74, 6) is 0.499. The molecule has 2 unspecified atom stereocenters. The van der Waals surface area contributed by atoms with Crippen LogP contribution in [0, 0.1) is 12.8 Å². The van der Waals surface area contributed by atoms with Gasteiger partial charge in [0.25, 0.3) is 0 Å². The number of hydrogen-bond donors (Lipinski definition) is 2. The van der Waals surface area contributed by atoms with Crippen LogP contribution in [-0.2, 0) is 19.1 Å². The Morgan fingerprint density at radius 2 is 2.18 bits per heavy atom. The highest BCUT2D eigenvalue weighted by Crippen LogP contribution is 2.30. The number of halogens is 3. The Kier molecular flexibility index (Phi) is 5.66. The summed E-state index contributed by atoms with van der Waals surface area (Å²) >= 11 is 0. The average Bonchev–Trinajstić information content (AvgIpc) is 3.23. The molecule has 0 radical (unpaired) electrons. The lowest BCUT2D eigenvalue weighted by Crippen LogP contribution is -2.36. The molecule has 0 saturated carbocycles. The van der Waals surface area contributed by atoms with Crippen LogP contribution in [0.25, 0.3) is 0 Å². The molecule has 0 fully saturated rings. The second-order valence-corrected chi connectivity index (χ2v) is 7.28. The third-order valence-corrected chi connectivity index (χ3v) is 5.23. The van der Waals surface area contributed by atoms with E-state index in [0.29, 0.717) is 37.4 Å². The number of hydrogen-bond acceptors (Lipinski definition) is 3. The summed E-state index contributed by atoms with van der Waals surface area (Å²) in [4.78, 5) is 15.9. The normalized spacial score (nSPS) is 17.9. The highest BCUT2D eigenvalue weighted by atomic mass is 19.4. The Labute approximate surface area is 161 Å². The van der Waals surface area contributed by atoms with E-state index in [1.165, 1.54) is 4.57 Å². The molecule has 0 aromatic carbocycles. The van der Waals surface area contributed by atoms with Crippen LogP contribution in [0.15, 0.2) is 12.4 Å². The molecular formula is C18H25F3N6O. The predicted molar refractivity (Wildman–Crippen MR) is 98.0 cm³/mol. The zero-order chi connectivity index (χ0) is 20.5. The monoisotopic (exact) mass is 398 g/mol. The van der Waals surface area contributed by atoms with Crippen LogP contribution in [0.3, 0.4) is 0 Å². The first kappa shape index (κ1) is 20.2. The second kappa shape index (κ2) is 7.84. The first-order chi connectivity index (χ1) is 13.2. The van der Waals surface area contributed by atoms with Crippen molar-refractivity contribution in [2.75, 3.05) is 11.9 Å². The summed E-state index contributed by atoms with van der Waals surface area (Å²) in [7, 11) is 0. The molecule has 0 bridgehead atoms. The number of carbonyl (C=O) groups is 1. The van der Waals surface area contributed by atoms with Gasteiger partial charge in [0.2, 0.25) is 0 Å². The average molecular weight is 398 g/mol. The van der Waals surface area contributed by atoms with Crippen LogP contribution in [0.1, 0.15) is 49.9 Å². The summed E-state index contributed by atoms with van der Waals surface area (Å²) in [5.41, 5.74) is 0.667. The SMILES string of the molecule is CCC(C)n1ncc(NC(=O)NCC2CCc3nc(C(F)(F)F)cn3C2)c1C. The van der Waals surface area contributed by atoms with Crippen molar-refractivity contribution < 1.29 is 18.0 Å². The third kappa shape index (κ3) is 4.31. The Hall–Kier alpha value is -2.52. The molecule has 2 aromatic rings. The topological polar surface area (TPSA) is 76.8 Å². The van der Waals surface area contributed by atoms with E-state index in [0.717, 1.165) is 18.3 Å². The van der Waals surface area contributed by atoms with Gasteiger partial charge in [0.1, 0.15) is 5.82 Å². The van der Waals surface area contributed by atoms with Crippen molar-refractivity contribution >= 4 is 11.7 Å². The number of carbonyl (C=O) groups excluding carboxylic acids is 1. The quantitative estimate of drug-likeness (QED) is 0.805. The van der Waals surface area contributed by atoms with Crippen molar-refractivity contribution in [1.29, 1.82) is 0 Å². The molecule has 0 aliphatic carbocycles. The summed E-state index contributed by atoms with van der Waals surface area (Å²) < 4.78 is 41.8. The van der Waals surface area contributed by atoms with Crippen molar-refractivity contribution in [3.05, 3.63) is 29.6 Å². The van der Waals surface area contributed by atoms with E-state index >= 15 is 0 Å². The van der Waals surface area contributed by atoms with Crippen LogP contribution in [-0.4, -0.2) is 31.9 Å². The van der Waals surface area contributed by atoms with Gasteiger partial charge >= 0.3 is 12.2 Å². The number of aromatic nitrogens is 4. The van der Waals surface area contributed by atoms with E-state index in [9.17, 15) is 18.0 Å². The van der Waals surface area contributed by atoms with E-state index < -0.39 is 11.9 Å². The van der Waals surface area contributed by atoms with Crippen molar-refractivity contribution in [2.24, 2.45) is 5.92 Å². The van der Waals surface area contributed by atoms with Crippen LogP contribution in [0.2, 0.25) is 0 Å². The largest absolute Gasteiger partial charge is 0.434 e. The van der Waals surface area contributed by atoms with Gasteiger partial charge in [-0.25, -0.2) is 9.78 Å². The molecule has 2 N–H and O–H groups in total. The Balaban J connectivity index is 1.53. The van der Waals surface area contributed by atoms with Crippen LogP contribution < -0.4 is 10.6 Å². The Bertz CT molecular complexity index is 841. The minimum Gasteiger partial charge on any atom is -0.338 e. The maximum Gasteiger partial charge on any atom is 0.434 e. The molecule has 0 saturated heterocycles. The smallest absolute Gasteiger partial charge is 0.338 e. The first-order valence-corrected chi connectivity index (χ1v) is 9.41. The number of rotatable bonds is 5. The van der Waals surface area contributed by atoms with Crippen LogP contribution >= 0.6 is 0 Å². The van der Waals surface area contributed by atoms with E-state index in [1.807, 2.05) is 11.6 Å². The number of aryl methyl sites for hydroxylation is 1. The van der Waals surface area contributed by atoms with Gasteiger partial charge in [0.05, 0.1) is 17.6 Å². The van der Waals surface area contributed by atoms with Crippen molar-refractivity contribution in [3.8, 4) is 0 Å². The van der Waals surface area contributed by atoms with E-state index in [4.69, 9.17) is 0 Å². The number of imidazole rings is 1. The van der Waals surface area contributed by atoms with Crippen molar-refractivity contribution in [2.45, 2.75) is 58.8 Å². The van der Waals surface area contributed by atoms with Crippen molar-refractivity contribution in [1.82, 2.24) is 24.6 Å². The molecule has 0 spiro atoms. The molecule has 28 heavy (non-hydrogen) atoms. The van der Waals surface area contributed by atoms with E-state index in [2.05, 4.69) is 34.6 Å². The molecule has 7 nitrogen and oxygen atoms in total. The highest BCUT2D eigenvalue weighted by molar-refractivity contribution is 5.89. The lowest BCUT2D eigenvalue weighted by Gasteiger charge is -2.23. The Morgan fingerprint density at radius 3 is 2.86 bits per heavy atom. The number of urea groups is 1. The zero-order valence-electron chi connectivity index (χ0n) is 16.2. The number of alkyl halides is 3. The summed E-state index contributed by atoms with van der Waals surface area (Å²) in [6.07, 6.45) is 0.314. The molecule has 2 aromatic heterocycles. The van der Waals surface area contributed by atoms with Gasteiger partial charge in [-0.2, -0.15) is 18.3 Å². The minimum absolute atomic E-state index is 0.0532. The van der Waals surface area contributed by atoms with Gasteiger partial charge in [0.15, 0.2) is 5.69 Å². The Morgan fingerprint density at radius 1 is 1.43 bits per heavy atom. The van der Waals surface area contributed by atoms with Gasteiger partial charge in [-0.05, 0) is 32.6 Å². The summed E-state index contributed by atoms with van der Waals surface area (Å²) in [6, 6.07) is -0.106. The molecule has 2 atom stereocenters. The molecule has 1 aliphatic heterocycles. The minimum atomic E-state index is -4.43. The molecule has 154 valence electrons. The fraction of sp³-hybridized carbons (Fsp3) is 0.611. The summed E-state index contributed by atoms with van der Waals surface area (Å²) in [5, 5.41) is 9.91. The maximum atomic E-state index is 12.8. The fourth-order valence-electron chi connectivity index (χ4n) is 3.38. The molecule has 3 heterocycles. The molecule has 2 amide bonds. The molecule has 3 rings (SSSR count). The lowest BCUT2D eigenvalue weighted by molar-refractivity contribution is -0.141. The van der Waals surface area contributed by atoms with Gasteiger partial charge < -0.3 is 15.2 Å². The van der Waals surface area contributed by atoms with Gasteiger partial charge in [0, 0.05) is 31.7 Å². The zero-order valence-corrected chi connectivity index (χ0v) is 16.2. The predicted octanol–water partition coefficient (Wildman–Crippen LogP) is 3.76. The molecule has 1 aliphatic rings. The second-order valence-electron chi connectivity index (χ2n) is 7.28. The van der Waals surface area contributed by atoms with Crippen LogP contribution in [0.4, 0.5) is 23.7 Å². The number of nitrogens with one attached hydrogen (secondary N) is 2. The number of fused-ring (bicyclic) bond motifs is 1. The van der Waals surface area contributed by atoms with Crippen molar-refractivity contribution in [3.63, 3.8) is 0 Å². The molecule has 10 heteroatoms. The number of amides is 2. The standard InChI is InChI=1S/C18H25F3N6O/c1-4-11(2)27-12(3)14(8-23-27)24-17(28)22-7-13-5-6-16-25-15(18(19,20)21)10-26(16)9-13/h8,10-11,13H,4-7,9H2,1-3H3,(H2,22,24,28). The fourth-order valence-corrected chi connectivity index (χ4v) is 3.38.